The topological polar surface area (TPSA) is 53.9 Å². The highest BCUT2D eigenvalue weighted by Crippen LogP contribution is 2.27. The lowest BCUT2D eigenvalue weighted by Gasteiger charge is -2.04. The maximum atomic E-state index is 11.4. The van der Waals surface area contributed by atoms with Crippen molar-refractivity contribution in [2.24, 2.45) is 0 Å². The third-order valence-electron chi connectivity index (χ3n) is 2.31. The van der Waals surface area contributed by atoms with Crippen molar-refractivity contribution in [1.82, 2.24) is 0 Å². The van der Waals surface area contributed by atoms with Gasteiger partial charge in [0.1, 0.15) is 0 Å². The van der Waals surface area contributed by atoms with E-state index in [9.17, 15) is 10.4 Å². The number of pyridine rings is 2. The minimum Gasteiger partial charge on any atom is -0.618 e. The minimum atomic E-state index is 0.626. The first kappa shape index (κ1) is 13.0. The number of hydrogen-bond donors (Lipinski definition) is 0. The summed E-state index contributed by atoms with van der Waals surface area (Å²) in [6.07, 6.45) is 2.98. The van der Waals surface area contributed by atoms with Crippen molar-refractivity contribution >= 4 is 21.6 Å². The molecule has 0 aliphatic heterocycles. The molecule has 2 heterocycles. The fourth-order valence-corrected chi connectivity index (χ4v) is 3.43. The van der Waals surface area contributed by atoms with Gasteiger partial charge < -0.3 is 10.4 Å². The first-order valence-corrected chi connectivity index (χ1v) is 7.85. The number of nitrogens with zero attached hydrogens (tertiary/aromatic N) is 2. The lowest BCUT2D eigenvalue weighted by molar-refractivity contribution is -0.613. The van der Waals surface area contributed by atoms with E-state index < -0.39 is 0 Å². The zero-order valence-electron chi connectivity index (χ0n) is 9.56. The van der Waals surface area contributed by atoms with Crippen molar-refractivity contribution in [3.63, 3.8) is 0 Å². The Labute approximate surface area is 113 Å². The van der Waals surface area contributed by atoms with E-state index in [1.807, 2.05) is 12.1 Å². The van der Waals surface area contributed by atoms with Crippen LogP contribution in [-0.2, 0) is 11.5 Å². The van der Waals surface area contributed by atoms with Crippen LogP contribution < -0.4 is 9.46 Å². The molecule has 0 saturated heterocycles. The predicted molar refractivity (Wildman–Crippen MR) is 73.4 cm³/mol. The smallest absolute Gasteiger partial charge is 0.203 e. The normalized spacial score (nSPS) is 10.4. The van der Waals surface area contributed by atoms with Gasteiger partial charge in [-0.3, -0.25) is 0 Å². The van der Waals surface area contributed by atoms with Gasteiger partial charge in [0.15, 0.2) is 12.4 Å². The van der Waals surface area contributed by atoms with Crippen molar-refractivity contribution in [1.29, 1.82) is 0 Å². The lowest BCUT2D eigenvalue weighted by Crippen LogP contribution is -2.30. The molecule has 0 aromatic carbocycles. The highest BCUT2D eigenvalue weighted by molar-refractivity contribution is 8.76. The Balaban J connectivity index is 1.80. The molecule has 4 nitrogen and oxygen atoms in total. The second-order valence-electron chi connectivity index (χ2n) is 3.56. The fraction of sp³-hybridized carbons (Fsp3) is 0.167. The lowest BCUT2D eigenvalue weighted by atomic mass is 10.4. The van der Waals surface area contributed by atoms with E-state index in [-0.39, 0.29) is 0 Å². The minimum absolute atomic E-state index is 0.626. The fourth-order valence-electron chi connectivity index (χ4n) is 1.35. The van der Waals surface area contributed by atoms with Crippen LogP contribution in [0.25, 0.3) is 0 Å². The maximum Gasteiger partial charge on any atom is 0.203 e. The Hall–Kier alpha value is -1.40. The highest BCUT2D eigenvalue weighted by Gasteiger charge is 2.06. The van der Waals surface area contributed by atoms with Crippen molar-refractivity contribution in [2.45, 2.75) is 11.5 Å². The van der Waals surface area contributed by atoms with Crippen molar-refractivity contribution in [3.8, 4) is 0 Å². The van der Waals surface area contributed by atoms with Crippen LogP contribution in [0.4, 0.5) is 0 Å². The van der Waals surface area contributed by atoms with Gasteiger partial charge in [0, 0.05) is 24.3 Å². The molecule has 0 saturated carbocycles. The Bertz CT molecular complexity index is 475. The molecule has 0 spiro atoms. The molecule has 0 aliphatic carbocycles. The van der Waals surface area contributed by atoms with Gasteiger partial charge in [-0.1, -0.05) is 21.6 Å². The van der Waals surface area contributed by atoms with Crippen LogP contribution in [0.15, 0.2) is 48.8 Å². The van der Waals surface area contributed by atoms with Crippen LogP contribution in [0.2, 0.25) is 0 Å². The molecule has 18 heavy (non-hydrogen) atoms. The Kier molecular flexibility index (Phi) is 4.72. The summed E-state index contributed by atoms with van der Waals surface area (Å²) < 4.78 is 1.73. The third kappa shape index (κ3) is 3.54. The summed E-state index contributed by atoms with van der Waals surface area (Å²) in [6, 6.07) is 10.7. The number of rotatable bonds is 5. The molecule has 0 radical (unpaired) electrons. The van der Waals surface area contributed by atoms with E-state index in [0.717, 1.165) is 20.8 Å². The largest absolute Gasteiger partial charge is 0.618 e. The van der Waals surface area contributed by atoms with E-state index in [1.165, 1.54) is 12.4 Å². The van der Waals surface area contributed by atoms with Gasteiger partial charge >= 0.3 is 0 Å². The standard InChI is InChI=1S/C12H12N2O2S2/c15-13-7-3-1-5-11(13)9-17-18-10-12-6-2-4-8-14(12)16/h1-8H,9-10H2. The summed E-state index contributed by atoms with van der Waals surface area (Å²) in [4.78, 5) is 0. The maximum absolute atomic E-state index is 11.4. The van der Waals surface area contributed by atoms with Gasteiger partial charge in [0.2, 0.25) is 11.4 Å². The average molecular weight is 280 g/mol. The molecule has 2 rings (SSSR count). The molecule has 2 aromatic heterocycles. The average Bonchev–Trinajstić information content (AvgIpc) is 2.38. The summed E-state index contributed by atoms with van der Waals surface area (Å²) >= 11 is 0. The summed E-state index contributed by atoms with van der Waals surface area (Å²) in [6.45, 7) is 0. The van der Waals surface area contributed by atoms with Gasteiger partial charge in [0.25, 0.3) is 0 Å². The van der Waals surface area contributed by atoms with Crippen molar-refractivity contribution in [3.05, 3.63) is 70.6 Å². The molecule has 2 aromatic rings. The molecule has 0 aliphatic rings. The monoisotopic (exact) mass is 280 g/mol. The zero-order chi connectivity index (χ0) is 12.8. The molecule has 94 valence electrons. The number of aromatic nitrogens is 2. The van der Waals surface area contributed by atoms with E-state index in [1.54, 1.807) is 45.9 Å². The van der Waals surface area contributed by atoms with Crippen molar-refractivity contribution in [2.75, 3.05) is 0 Å². The molecular weight excluding hydrogens is 268 g/mol. The van der Waals surface area contributed by atoms with Crippen LogP contribution in [0, 0.1) is 10.4 Å². The van der Waals surface area contributed by atoms with E-state index in [4.69, 9.17) is 0 Å². The Morgan fingerprint density at radius 2 is 1.22 bits per heavy atom. The third-order valence-corrected chi connectivity index (χ3v) is 4.51. The summed E-state index contributed by atoms with van der Waals surface area (Å²) in [5.41, 5.74) is 1.44. The van der Waals surface area contributed by atoms with Gasteiger partial charge in [-0.05, 0) is 12.1 Å². The summed E-state index contributed by atoms with van der Waals surface area (Å²) in [5.74, 6) is 1.25. The SMILES string of the molecule is [O-][n+]1ccccc1CSSCc1cccc[n+]1[O-]. The second-order valence-corrected chi connectivity index (χ2v) is 6.02. The van der Waals surface area contributed by atoms with Crippen molar-refractivity contribution < 1.29 is 9.46 Å². The van der Waals surface area contributed by atoms with E-state index in [2.05, 4.69) is 0 Å². The zero-order valence-corrected chi connectivity index (χ0v) is 11.2. The molecule has 0 N–H and O–H groups in total. The highest BCUT2D eigenvalue weighted by atomic mass is 33.1. The van der Waals surface area contributed by atoms with Gasteiger partial charge in [-0.15, -0.1) is 0 Å². The van der Waals surface area contributed by atoms with Gasteiger partial charge in [0.05, 0.1) is 11.5 Å². The predicted octanol–water partition coefficient (Wildman–Crippen LogP) is 2.03. The van der Waals surface area contributed by atoms with Crippen LogP contribution >= 0.6 is 21.6 Å². The van der Waals surface area contributed by atoms with E-state index in [0.29, 0.717) is 11.5 Å². The van der Waals surface area contributed by atoms with E-state index >= 15 is 0 Å². The van der Waals surface area contributed by atoms with Crippen LogP contribution in [0.1, 0.15) is 11.4 Å². The van der Waals surface area contributed by atoms with Crippen LogP contribution in [0.3, 0.4) is 0 Å². The second kappa shape index (κ2) is 6.51. The first-order chi connectivity index (χ1) is 8.77. The molecule has 0 amide bonds. The van der Waals surface area contributed by atoms with Crippen LogP contribution in [0.5, 0.6) is 0 Å². The Morgan fingerprint density at radius 3 is 1.61 bits per heavy atom. The molecule has 0 bridgehead atoms. The van der Waals surface area contributed by atoms with Gasteiger partial charge in [-0.25, -0.2) is 0 Å². The number of hydrogen-bond acceptors (Lipinski definition) is 4. The van der Waals surface area contributed by atoms with Gasteiger partial charge in [-0.2, -0.15) is 9.46 Å². The first-order valence-electron chi connectivity index (χ1n) is 5.36. The Morgan fingerprint density at radius 1 is 0.778 bits per heavy atom. The molecule has 0 fully saturated rings. The molecule has 6 heteroatoms. The summed E-state index contributed by atoms with van der Waals surface area (Å²) in [5, 5.41) is 22.8. The molecule has 0 unspecified atom stereocenters. The van der Waals surface area contributed by atoms with Crippen LogP contribution in [-0.4, -0.2) is 0 Å². The molecular formula is C12H12N2O2S2. The molecule has 0 atom stereocenters. The quantitative estimate of drug-likeness (QED) is 0.364. The summed E-state index contributed by atoms with van der Waals surface area (Å²) in [7, 11) is 3.14.